The minimum atomic E-state index is 0. The van der Waals surface area contributed by atoms with E-state index in [1.807, 2.05) is 0 Å². The van der Waals surface area contributed by atoms with Crippen LogP contribution in [0.4, 0.5) is 0 Å². The Morgan fingerprint density at radius 3 is 2.42 bits per heavy atom. The average Bonchev–Trinajstić information content (AvgIpc) is 2.07. The number of likely N-dealkylation sites (N-methyl/N-ethyl adjacent to an activating group) is 1. The lowest BCUT2D eigenvalue weighted by Crippen LogP contribution is -3.00. The molecule has 0 radical (unpaired) electrons. The largest absolute Gasteiger partial charge is 1.00 e. The normalized spacial score (nSPS) is 26.8. The molecule has 1 rings (SSSR count). The molecule has 1 aliphatic rings. The van der Waals surface area contributed by atoms with E-state index in [1.54, 1.807) is 0 Å². The standard InChI is InChI=1S/C10H18N.ClH/c1-3-8-11(4-2)9-6-5-7-10-11;/h5-7,9H,3-4,8,10H2,1-2H3;1H/q+1;/p-1. The molecule has 1 atom stereocenters. The Kier molecular flexibility index (Phi) is 5.27. The molecule has 1 nitrogen and oxygen atoms in total. The van der Waals surface area contributed by atoms with Gasteiger partial charge in [-0.3, -0.25) is 4.48 Å². The monoisotopic (exact) mass is 187 g/mol. The molecule has 12 heavy (non-hydrogen) atoms. The van der Waals surface area contributed by atoms with E-state index in [1.165, 1.54) is 26.1 Å². The topological polar surface area (TPSA) is 0 Å². The van der Waals surface area contributed by atoms with Crippen LogP contribution >= 0.6 is 0 Å². The van der Waals surface area contributed by atoms with Gasteiger partial charge in [-0.25, -0.2) is 0 Å². The van der Waals surface area contributed by atoms with Gasteiger partial charge in [-0.15, -0.1) is 0 Å². The number of allylic oxidation sites excluding steroid dienone is 2. The summed E-state index contributed by atoms with van der Waals surface area (Å²) in [6.07, 6.45) is 10.2. The molecule has 0 bridgehead atoms. The molecule has 2 heteroatoms. The summed E-state index contributed by atoms with van der Waals surface area (Å²) in [5.41, 5.74) is 0. The lowest BCUT2D eigenvalue weighted by molar-refractivity contribution is -0.872. The molecular formula is C10H18ClN. The number of quaternary nitrogens is 1. The summed E-state index contributed by atoms with van der Waals surface area (Å²) >= 11 is 0. The van der Waals surface area contributed by atoms with Crippen LogP contribution in [0.1, 0.15) is 20.3 Å². The summed E-state index contributed by atoms with van der Waals surface area (Å²) in [5.74, 6) is 0. The highest BCUT2D eigenvalue weighted by Crippen LogP contribution is 2.12. The Labute approximate surface area is 81.8 Å². The predicted octanol–water partition coefficient (Wildman–Crippen LogP) is -0.679. The molecule has 1 unspecified atom stereocenters. The summed E-state index contributed by atoms with van der Waals surface area (Å²) in [4.78, 5) is 0. The van der Waals surface area contributed by atoms with Crippen LogP contribution in [-0.2, 0) is 0 Å². The minimum absolute atomic E-state index is 0. The number of nitrogens with zero attached hydrogens (tertiary/aromatic N) is 1. The second kappa shape index (κ2) is 5.39. The summed E-state index contributed by atoms with van der Waals surface area (Å²) in [6, 6.07) is 0. The van der Waals surface area contributed by atoms with E-state index < -0.39 is 0 Å². The van der Waals surface area contributed by atoms with Gasteiger partial charge in [0.1, 0.15) is 6.54 Å². The highest BCUT2D eigenvalue weighted by molar-refractivity contribution is 5.03. The molecule has 0 aromatic rings. The SMILES string of the molecule is CCC[N+]1(CC)C=CC=CC1.[Cl-]. The third-order valence-corrected chi connectivity index (χ3v) is 2.42. The molecule has 0 saturated heterocycles. The van der Waals surface area contributed by atoms with Crippen molar-refractivity contribution in [3.05, 3.63) is 24.4 Å². The van der Waals surface area contributed by atoms with Crippen LogP contribution in [0, 0.1) is 0 Å². The van der Waals surface area contributed by atoms with Gasteiger partial charge in [0.05, 0.1) is 19.3 Å². The zero-order valence-electron chi connectivity index (χ0n) is 7.96. The van der Waals surface area contributed by atoms with Crippen LogP contribution in [0.15, 0.2) is 24.4 Å². The zero-order chi connectivity index (χ0) is 8.16. The van der Waals surface area contributed by atoms with Gasteiger partial charge >= 0.3 is 0 Å². The van der Waals surface area contributed by atoms with Crippen molar-refractivity contribution in [3.8, 4) is 0 Å². The van der Waals surface area contributed by atoms with Gasteiger partial charge in [-0.05, 0) is 25.5 Å². The van der Waals surface area contributed by atoms with Gasteiger partial charge in [-0.1, -0.05) is 13.0 Å². The Hall–Kier alpha value is -0.270. The van der Waals surface area contributed by atoms with Gasteiger partial charge in [-0.2, -0.15) is 0 Å². The Balaban J connectivity index is 0.00000121. The first-order chi connectivity index (χ1) is 5.33. The third kappa shape index (κ3) is 2.65. The van der Waals surface area contributed by atoms with Gasteiger partial charge in [0.2, 0.25) is 0 Å². The number of halogens is 1. The first-order valence-electron chi connectivity index (χ1n) is 4.53. The van der Waals surface area contributed by atoms with Gasteiger partial charge < -0.3 is 12.4 Å². The van der Waals surface area contributed by atoms with E-state index in [2.05, 4.69) is 38.3 Å². The third-order valence-electron chi connectivity index (χ3n) is 2.42. The molecule has 0 aromatic heterocycles. The Bertz CT molecular complexity index is 175. The fourth-order valence-corrected chi connectivity index (χ4v) is 1.65. The zero-order valence-corrected chi connectivity index (χ0v) is 8.72. The number of hydrogen-bond donors (Lipinski definition) is 0. The lowest BCUT2D eigenvalue weighted by atomic mass is 10.2. The molecule has 0 N–H and O–H groups in total. The number of rotatable bonds is 3. The van der Waals surface area contributed by atoms with E-state index >= 15 is 0 Å². The van der Waals surface area contributed by atoms with Crippen molar-refractivity contribution in [2.45, 2.75) is 20.3 Å². The van der Waals surface area contributed by atoms with Crippen molar-refractivity contribution in [2.75, 3.05) is 19.6 Å². The van der Waals surface area contributed by atoms with E-state index in [0.717, 1.165) is 4.48 Å². The fraction of sp³-hybridized carbons (Fsp3) is 0.600. The minimum Gasteiger partial charge on any atom is -1.00 e. The summed E-state index contributed by atoms with van der Waals surface area (Å²) in [6.45, 7) is 8.19. The maximum absolute atomic E-state index is 2.32. The summed E-state index contributed by atoms with van der Waals surface area (Å²) < 4.78 is 1.15. The van der Waals surface area contributed by atoms with Crippen molar-refractivity contribution < 1.29 is 16.9 Å². The van der Waals surface area contributed by atoms with Gasteiger partial charge in [0, 0.05) is 0 Å². The van der Waals surface area contributed by atoms with Crippen LogP contribution in [0.3, 0.4) is 0 Å². The van der Waals surface area contributed by atoms with E-state index in [0.29, 0.717) is 0 Å². The van der Waals surface area contributed by atoms with E-state index in [4.69, 9.17) is 0 Å². The maximum atomic E-state index is 2.32. The van der Waals surface area contributed by atoms with Crippen molar-refractivity contribution in [3.63, 3.8) is 0 Å². The quantitative estimate of drug-likeness (QED) is 0.514. The smallest absolute Gasteiger partial charge is 0.102 e. The van der Waals surface area contributed by atoms with Crippen molar-refractivity contribution in [1.82, 2.24) is 0 Å². The van der Waals surface area contributed by atoms with Crippen molar-refractivity contribution in [2.24, 2.45) is 0 Å². The molecule has 0 saturated carbocycles. The molecular weight excluding hydrogens is 170 g/mol. The molecule has 70 valence electrons. The Morgan fingerprint density at radius 1 is 1.25 bits per heavy atom. The first kappa shape index (κ1) is 11.7. The van der Waals surface area contributed by atoms with Gasteiger partial charge in [0.25, 0.3) is 0 Å². The summed E-state index contributed by atoms with van der Waals surface area (Å²) in [5, 5.41) is 0. The van der Waals surface area contributed by atoms with Crippen molar-refractivity contribution in [1.29, 1.82) is 0 Å². The van der Waals surface area contributed by atoms with Crippen LogP contribution < -0.4 is 12.4 Å². The molecule has 0 fully saturated rings. The average molecular weight is 188 g/mol. The van der Waals surface area contributed by atoms with E-state index in [9.17, 15) is 0 Å². The Morgan fingerprint density at radius 2 is 2.00 bits per heavy atom. The lowest BCUT2D eigenvalue weighted by Gasteiger charge is -2.33. The van der Waals surface area contributed by atoms with Crippen LogP contribution in [0.5, 0.6) is 0 Å². The maximum Gasteiger partial charge on any atom is 0.102 e. The highest BCUT2D eigenvalue weighted by atomic mass is 35.5. The second-order valence-electron chi connectivity index (χ2n) is 3.21. The molecule has 0 amide bonds. The van der Waals surface area contributed by atoms with Crippen LogP contribution in [0.2, 0.25) is 0 Å². The molecule has 0 aliphatic carbocycles. The fourth-order valence-electron chi connectivity index (χ4n) is 1.65. The van der Waals surface area contributed by atoms with Crippen LogP contribution in [0.25, 0.3) is 0 Å². The molecule has 1 heterocycles. The van der Waals surface area contributed by atoms with Gasteiger partial charge in [0.15, 0.2) is 0 Å². The molecule has 1 aliphatic heterocycles. The molecule has 0 spiro atoms. The number of hydrogen-bond acceptors (Lipinski definition) is 0. The highest BCUT2D eigenvalue weighted by Gasteiger charge is 2.20. The second-order valence-corrected chi connectivity index (χ2v) is 3.21. The predicted molar refractivity (Wildman–Crippen MR) is 49.1 cm³/mol. The first-order valence-corrected chi connectivity index (χ1v) is 4.53. The van der Waals surface area contributed by atoms with E-state index in [-0.39, 0.29) is 12.4 Å². The van der Waals surface area contributed by atoms with Crippen LogP contribution in [-0.4, -0.2) is 24.1 Å². The van der Waals surface area contributed by atoms with Crippen molar-refractivity contribution >= 4 is 0 Å². The summed E-state index contributed by atoms with van der Waals surface area (Å²) in [7, 11) is 0. The molecule has 0 aromatic carbocycles.